The first-order valence-electron chi connectivity index (χ1n) is 7.43. The van der Waals surface area contributed by atoms with E-state index in [9.17, 15) is 5.11 Å². The first kappa shape index (κ1) is 15.1. The Balaban J connectivity index is 1.90. The van der Waals surface area contributed by atoms with Gasteiger partial charge in [0.2, 0.25) is 0 Å². The molecule has 1 atom stereocenters. The van der Waals surface area contributed by atoms with E-state index in [2.05, 4.69) is 0 Å². The fourth-order valence-corrected chi connectivity index (χ4v) is 2.49. The number of benzene rings is 1. The molecule has 0 saturated heterocycles. The van der Waals surface area contributed by atoms with Gasteiger partial charge in [0, 0.05) is 12.6 Å². The third-order valence-corrected chi connectivity index (χ3v) is 3.77. The van der Waals surface area contributed by atoms with Gasteiger partial charge in [0.25, 0.3) is 0 Å². The van der Waals surface area contributed by atoms with E-state index in [1.807, 2.05) is 31.2 Å². The van der Waals surface area contributed by atoms with Crippen LogP contribution in [-0.4, -0.2) is 30.0 Å². The molecule has 1 saturated carbocycles. The number of hydrogen-bond acceptors (Lipinski definition) is 4. The van der Waals surface area contributed by atoms with Gasteiger partial charge in [0.15, 0.2) is 0 Å². The number of hydrogen-bond donors (Lipinski definition) is 2. The highest BCUT2D eigenvalue weighted by Gasteiger charge is 2.29. The molecule has 1 aromatic carbocycles. The molecule has 0 aromatic heterocycles. The van der Waals surface area contributed by atoms with E-state index in [1.54, 1.807) is 0 Å². The Kier molecular flexibility index (Phi) is 5.26. The summed E-state index contributed by atoms with van der Waals surface area (Å²) in [4.78, 5) is 0. The van der Waals surface area contributed by atoms with Crippen molar-refractivity contribution in [2.45, 2.75) is 50.7 Å². The van der Waals surface area contributed by atoms with Crippen molar-refractivity contribution in [3.05, 3.63) is 24.3 Å². The van der Waals surface area contributed by atoms with Crippen LogP contribution in [0.3, 0.4) is 0 Å². The fourth-order valence-electron chi connectivity index (χ4n) is 2.49. The molecule has 4 nitrogen and oxygen atoms in total. The van der Waals surface area contributed by atoms with Crippen LogP contribution >= 0.6 is 0 Å². The molecule has 1 aliphatic rings. The van der Waals surface area contributed by atoms with Gasteiger partial charge in [-0.15, -0.1) is 0 Å². The second-order valence-electron chi connectivity index (χ2n) is 5.71. The zero-order valence-electron chi connectivity index (χ0n) is 12.2. The van der Waals surface area contributed by atoms with Crippen LogP contribution in [0, 0.1) is 0 Å². The standard InChI is InChI=1S/C16H25NO3/c1-13(11-17)20-15-7-5-6-14(10-15)19-12-16(18)8-3-2-4-9-16/h5-7,10,13,18H,2-4,8-9,11-12,17H2,1H3. The molecule has 112 valence electrons. The molecular weight excluding hydrogens is 254 g/mol. The Morgan fingerprint density at radius 3 is 2.65 bits per heavy atom. The Labute approximate surface area is 120 Å². The monoisotopic (exact) mass is 279 g/mol. The molecule has 0 spiro atoms. The first-order valence-corrected chi connectivity index (χ1v) is 7.43. The number of aliphatic hydroxyl groups is 1. The Morgan fingerprint density at radius 1 is 1.25 bits per heavy atom. The maximum Gasteiger partial charge on any atom is 0.123 e. The largest absolute Gasteiger partial charge is 0.490 e. The Hall–Kier alpha value is -1.26. The average Bonchev–Trinajstić information content (AvgIpc) is 2.46. The lowest BCUT2D eigenvalue weighted by atomic mass is 9.85. The minimum Gasteiger partial charge on any atom is -0.490 e. The molecule has 0 aliphatic heterocycles. The smallest absolute Gasteiger partial charge is 0.123 e. The molecule has 3 N–H and O–H groups in total. The summed E-state index contributed by atoms with van der Waals surface area (Å²) in [5, 5.41) is 10.4. The fraction of sp³-hybridized carbons (Fsp3) is 0.625. The predicted molar refractivity (Wildman–Crippen MR) is 79.1 cm³/mol. The van der Waals surface area contributed by atoms with Crippen molar-refractivity contribution in [3.63, 3.8) is 0 Å². The summed E-state index contributed by atoms with van der Waals surface area (Å²) >= 11 is 0. The number of ether oxygens (including phenoxy) is 2. The highest BCUT2D eigenvalue weighted by atomic mass is 16.5. The van der Waals surface area contributed by atoms with Crippen molar-refractivity contribution in [1.29, 1.82) is 0 Å². The van der Waals surface area contributed by atoms with E-state index in [1.165, 1.54) is 6.42 Å². The Bertz CT molecular complexity index is 416. The molecule has 1 unspecified atom stereocenters. The third kappa shape index (κ3) is 4.39. The summed E-state index contributed by atoms with van der Waals surface area (Å²) in [5.41, 5.74) is 4.88. The molecule has 0 amide bonds. The van der Waals surface area contributed by atoms with Gasteiger partial charge in [0.05, 0.1) is 5.60 Å². The van der Waals surface area contributed by atoms with Crippen LogP contribution in [0.5, 0.6) is 11.5 Å². The molecule has 0 heterocycles. The van der Waals surface area contributed by atoms with E-state index in [-0.39, 0.29) is 6.10 Å². The Morgan fingerprint density at radius 2 is 1.95 bits per heavy atom. The summed E-state index contributed by atoms with van der Waals surface area (Å²) in [6, 6.07) is 7.50. The second kappa shape index (κ2) is 6.95. The van der Waals surface area contributed by atoms with Crippen molar-refractivity contribution >= 4 is 0 Å². The molecule has 4 heteroatoms. The summed E-state index contributed by atoms with van der Waals surface area (Å²) in [6.45, 7) is 2.76. The van der Waals surface area contributed by atoms with Crippen LogP contribution < -0.4 is 15.2 Å². The van der Waals surface area contributed by atoms with Gasteiger partial charge < -0.3 is 20.3 Å². The zero-order chi connectivity index (χ0) is 14.4. The SMILES string of the molecule is CC(CN)Oc1cccc(OCC2(O)CCCCC2)c1. The van der Waals surface area contributed by atoms with Gasteiger partial charge >= 0.3 is 0 Å². The van der Waals surface area contributed by atoms with Gasteiger partial charge in [-0.2, -0.15) is 0 Å². The van der Waals surface area contributed by atoms with E-state index < -0.39 is 5.60 Å². The van der Waals surface area contributed by atoms with E-state index in [0.29, 0.717) is 13.2 Å². The van der Waals surface area contributed by atoms with Crippen molar-refractivity contribution in [1.82, 2.24) is 0 Å². The van der Waals surface area contributed by atoms with Crippen molar-refractivity contribution < 1.29 is 14.6 Å². The lowest BCUT2D eigenvalue weighted by Gasteiger charge is -2.31. The summed E-state index contributed by atoms with van der Waals surface area (Å²) in [5.74, 6) is 1.47. The predicted octanol–water partition coefficient (Wildman–Crippen LogP) is 2.49. The highest BCUT2D eigenvalue weighted by molar-refractivity contribution is 5.33. The molecule has 0 radical (unpaired) electrons. The van der Waals surface area contributed by atoms with Gasteiger partial charge in [-0.3, -0.25) is 0 Å². The van der Waals surface area contributed by atoms with Crippen LogP contribution in [0.25, 0.3) is 0 Å². The zero-order valence-corrected chi connectivity index (χ0v) is 12.2. The summed E-state index contributed by atoms with van der Waals surface area (Å²) in [6.07, 6.45) is 5.00. The molecular formula is C16H25NO3. The minimum absolute atomic E-state index is 0.0206. The van der Waals surface area contributed by atoms with Crippen LogP contribution in [0.2, 0.25) is 0 Å². The molecule has 2 rings (SSSR count). The molecule has 1 aromatic rings. The molecule has 1 aliphatic carbocycles. The maximum atomic E-state index is 10.4. The van der Waals surface area contributed by atoms with Gasteiger partial charge in [0.1, 0.15) is 24.2 Å². The molecule has 0 bridgehead atoms. The van der Waals surface area contributed by atoms with E-state index >= 15 is 0 Å². The van der Waals surface area contributed by atoms with Crippen molar-refractivity contribution in [2.24, 2.45) is 5.73 Å². The third-order valence-electron chi connectivity index (χ3n) is 3.77. The van der Waals surface area contributed by atoms with Gasteiger partial charge in [-0.05, 0) is 31.9 Å². The summed E-state index contributed by atoms with van der Waals surface area (Å²) in [7, 11) is 0. The van der Waals surface area contributed by atoms with Crippen LogP contribution in [0.15, 0.2) is 24.3 Å². The van der Waals surface area contributed by atoms with E-state index in [4.69, 9.17) is 15.2 Å². The lowest BCUT2D eigenvalue weighted by molar-refractivity contribution is -0.0339. The minimum atomic E-state index is -0.667. The lowest BCUT2D eigenvalue weighted by Crippen LogP contribution is -2.37. The molecule has 20 heavy (non-hydrogen) atoms. The summed E-state index contributed by atoms with van der Waals surface area (Å²) < 4.78 is 11.4. The second-order valence-corrected chi connectivity index (χ2v) is 5.71. The first-order chi connectivity index (χ1) is 9.61. The quantitative estimate of drug-likeness (QED) is 0.839. The van der Waals surface area contributed by atoms with Crippen molar-refractivity contribution in [2.75, 3.05) is 13.2 Å². The van der Waals surface area contributed by atoms with Gasteiger partial charge in [-0.1, -0.05) is 25.3 Å². The van der Waals surface area contributed by atoms with Crippen molar-refractivity contribution in [3.8, 4) is 11.5 Å². The maximum absolute atomic E-state index is 10.4. The van der Waals surface area contributed by atoms with Crippen LogP contribution in [0.4, 0.5) is 0 Å². The number of nitrogens with two attached hydrogens (primary N) is 1. The van der Waals surface area contributed by atoms with E-state index in [0.717, 1.165) is 37.2 Å². The topological polar surface area (TPSA) is 64.7 Å². The normalized spacial score (nSPS) is 19.4. The number of rotatable bonds is 6. The highest BCUT2D eigenvalue weighted by Crippen LogP contribution is 2.29. The van der Waals surface area contributed by atoms with Crippen LogP contribution in [-0.2, 0) is 0 Å². The van der Waals surface area contributed by atoms with Crippen LogP contribution in [0.1, 0.15) is 39.0 Å². The average molecular weight is 279 g/mol. The molecule has 1 fully saturated rings. The van der Waals surface area contributed by atoms with Gasteiger partial charge in [-0.25, -0.2) is 0 Å².